The van der Waals surface area contributed by atoms with Crippen LogP contribution in [-0.4, -0.2) is 41.7 Å². The predicted molar refractivity (Wildman–Crippen MR) is 73.2 cm³/mol. The van der Waals surface area contributed by atoms with Gasteiger partial charge in [0.15, 0.2) is 0 Å². The summed E-state index contributed by atoms with van der Waals surface area (Å²) in [6.07, 6.45) is 0.530. The molecule has 0 fully saturated rings. The fourth-order valence-corrected chi connectivity index (χ4v) is 2.74. The van der Waals surface area contributed by atoms with Gasteiger partial charge in [-0.2, -0.15) is 0 Å². The van der Waals surface area contributed by atoms with E-state index in [4.69, 9.17) is 10.5 Å². The first-order valence-electron chi connectivity index (χ1n) is 5.92. The van der Waals surface area contributed by atoms with Crippen molar-refractivity contribution in [2.24, 2.45) is 5.73 Å². The Labute approximate surface area is 118 Å². The van der Waals surface area contributed by atoms with E-state index in [1.165, 1.54) is 32.4 Å². The van der Waals surface area contributed by atoms with Gasteiger partial charge in [-0.1, -0.05) is 0 Å². The molecule has 0 aromatic heterocycles. The number of rotatable bonds is 7. The van der Waals surface area contributed by atoms with E-state index in [0.29, 0.717) is 13.0 Å². The highest BCUT2D eigenvalue weighted by molar-refractivity contribution is 7.89. The highest BCUT2D eigenvalue weighted by Crippen LogP contribution is 2.25. The molecular formula is C12H18N2O5S. The maximum atomic E-state index is 12.1. The molecule has 1 rings (SSSR count). The Balaban J connectivity index is 3.09. The monoisotopic (exact) mass is 302 g/mol. The first-order valence-corrected chi connectivity index (χ1v) is 7.40. The Kier molecular flexibility index (Phi) is 5.93. The van der Waals surface area contributed by atoms with Gasteiger partial charge >= 0.3 is 5.97 Å². The number of methoxy groups -OCH3 is 2. The molecule has 7 nitrogen and oxygen atoms in total. The van der Waals surface area contributed by atoms with Crippen LogP contribution in [0.5, 0.6) is 5.75 Å². The van der Waals surface area contributed by atoms with Crippen LogP contribution in [0.2, 0.25) is 0 Å². The standard InChI is InChI=1S/C12H18N2O5S/c1-18-10-8-9(12(15)19-2)4-5-11(10)20(16,17)14-7-3-6-13/h4-5,8,14H,3,6-7,13H2,1-2H3. The molecule has 0 spiro atoms. The number of sulfonamides is 1. The lowest BCUT2D eigenvalue weighted by atomic mass is 10.2. The van der Waals surface area contributed by atoms with E-state index in [9.17, 15) is 13.2 Å². The van der Waals surface area contributed by atoms with Gasteiger partial charge in [-0.25, -0.2) is 17.9 Å². The third-order valence-corrected chi connectivity index (χ3v) is 4.05. The Hall–Kier alpha value is -1.64. The number of esters is 1. The van der Waals surface area contributed by atoms with Gasteiger partial charge in [0.25, 0.3) is 0 Å². The number of nitrogens with one attached hydrogen (secondary N) is 1. The Morgan fingerprint density at radius 2 is 2.05 bits per heavy atom. The molecule has 0 atom stereocenters. The van der Waals surface area contributed by atoms with Gasteiger partial charge in [0, 0.05) is 6.54 Å². The predicted octanol–water partition coefficient (Wildman–Crippen LogP) is 0.109. The lowest BCUT2D eigenvalue weighted by molar-refractivity contribution is 0.0600. The normalized spacial score (nSPS) is 11.2. The summed E-state index contributed by atoms with van der Waals surface area (Å²) in [7, 11) is -1.13. The summed E-state index contributed by atoms with van der Waals surface area (Å²) in [6.45, 7) is 0.627. The van der Waals surface area contributed by atoms with E-state index >= 15 is 0 Å². The number of hydrogen-bond donors (Lipinski definition) is 2. The lowest BCUT2D eigenvalue weighted by Gasteiger charge is -2.11. The van der Waals surface area contributed by atoms with Crippen LogP contribution in [0.4, 0.5) is 0 Å². The third-order valence-electron chi connectivity index (χ3n) is 2.55. The van der Waals surface area contributed by atoms with E-state index in [-0.39, 0.29) is 22.8 Å². The Morgan fingerprint density at radius 1 is 1.35 bits per heavy atom. The molecule has 1 aromatic rings. The molecule has 1 aromatic carbocycles. The van der Waals surface area contributed by atoms with Crippen molar-refractivity contribution in [3.8, 4) is 5.75 Å². The SMILES string of the molecule is COC(=O)c1ccc(S(=O)(=O)NCCCN)c(OC)c1. The van der Waals surface area contributed by atoms with Crippen LogP contribution in [0.3, 0.4) is 0 Å². The summed E-state index contributed by atoms with van der Waals surface area (Å²) in [6, 6.07) is 3.99. The van der Waals surface area contributed by atoms with Crippen LogP contribution in [0, 0.1) is 0 Å². The minimum absolute atomic E-state index is 0.0373. The molecule has 0 aliphatic rings. The number of benzene rings is 1. The van der Waals surface area contributed by atoms with Gasteiger partial charge in [-0.15, -0.1) is 0 Å². The zero-order valence-electron chi connectivity index (χ0n) is 11.4. The Bertz CT molecular complexity index is 571. The van der Waals surface area contributed by atoms with Crippen molar-refractivity contribution in [3.05, 3.63) is 23.8 Å². The molecule has 0 bridgehead atoms. The van der Waals surface area contributed by atoms with Crippen molar-refractivity contribution in [2.45, 2.75) is 11.3 Å². The van der Waals surface area contributed by atoms with Crippen molar-refractivity contribution in [1.82, 2.24) is 4.72 Å². The summed E-state index contributed by atoms with van der Waals surface area (Å²) in [5.41, 5.74) is 5.52. The van der Waals surface area contributed by atoms with Crippen LogP contribution >= 0.6 is 0 Å². The van der Waals surface area contributed by atoms with Crippen molar-refractivity contribution in [3.63, 3.8) is 0 Å². The molecule has 3 N–H and O–H groups in total. The number of carbonyl (C=O) groups excluding carboxylic acids is 1. The lowest BCUT2D eigenvalue weighted by Crippen LogP contribution is -2.26. The second-order valence-electron chi connectivity index (χ2n) is 3.90. The van der Waals surface area contributed by atoms with E-state index < -0.39 is 16.0 Å². The molecule has 0 aliphatic heterocycles. The highest BCUT2D eigenvalue weighted by Gasteiger charge is 2.20. The smallest absolute Gasteiger partial charge is 0.337 e. The van der Waals surface area contributed by atoms with Gasteiger partial charge in [0.1, 0.15) is 10.6 Å². The topological polar surface area (TPSA) is 108 Å². The van der Waals surface area contributed by atoms with Crippen molar-refractivity contribution < 1.29 is 22.7 Å². The molecule has 0 amide bonds. The fourth-order valence-electron chi connectivity index (χ4n) is 1.52. The van der Waals surface area contributed by atoms with Crippen molar-refractivity contribution in [1.29, 1.82) is 0 Å². The summed E-state index contributed by atoms with van der Waals surface area (Å²) >= 11 is 0. The summed E-state index contributed by atoms with van der Waals surface area (Å²) in [5, 5.41) is 0. The van der Waals surface area contributed by atoms with Crippen molar-refractivity contribution >= 4 is 16.0 Å². The maximum Gasteiger partial charge on any atom is 0.337 e. The minimum Gasteiger partial charge on any atom is -0.495 e. The van der Waals surface area contributed by atoms with E-state index in [2.05, 4.69) is 9.46 Å². The van der Waals surface area contributed by atoms with Crippen LogP contribution < -0.4 is 15.2 Å². The number of carbonyl (C=O) groups is 1. The second kappa shape index (κ2) is 7.22. The highest BCUT2D eigenvalue weighted by atomic mass is 32.2. The summed E-state index contributed by atoms with van der Waals surface area (Å²) in [4.78, 5) is 11.4. The molecule has 0 radical (unpaired) electrons. The van der Waals surface area contributed by atoms with Gasteiger partial charge in [-0.3, -0.25) is 0 Å². The van der Waals surface area contributed by atoms with Gasteiger partial charge in [-0.05, 0) is 31.2 Å². The molecule has 0 unspecified atom stereocenters. The number of nitrogens with two attached hydrogens (primary N) is 1. The molecule has 20 heavy (non-hydrogen) atoms. The number of hydrogen-bond acceptors (Lipinski definition) is 6. The van der Waals surface area contributed by atoms with Crippen LogP contribution in [0.15, 0.2) is 23.1 Å². The van der Waals surface area contributed by atoms with Gasteiger partial charge in [0.2, 0.25) is 10.0 Å². The molecule has 112 valence electrons. The van der Waals surface area contributed by atoms with E-state index in [1.54, 1.807) is 0 Å². The zero-order valence-corrected chi connectivity index (χ0v) is 12.2. The molecular weight excluding hydrogens is 284 g/mol. The van der Waals surface area contributed by atoms with Gasteiger partial charge in [0.05, 0.1) is 19.8 Å². The second-order valence-corrected chi connectivity index (χ2v) is 5.63. The van der Waals surface area contributed by atoms with Crippen molar-refractivity contribution in [2.75, 3.05) is 27.3 Å². The van der Waals surface area contributed by atoms with Crippen LogP contribution in [0.1, 0.15) is 16.8 Å². The first-order chi connectivity index (χ1) is 9.46. The molecule has 0 saturated carbocycles. The number of ether oxygens (including phenoxy) is 2. The molecule has 0 saturated heterocycles. The fraction of sp³-hybridized carbons (Fsp3) is 0.417. The first kappa shape index (κ1) is 16.4. The maximum absolute atomic E-state index is 12.1. The average Bonchev–Trinajstić information content (AvgIpc) is 2.45. The van der Waals surface area contributed by atoms with Gasteiger partial charge < -0.3 is 15.2 Å². The summed E-state index contributed by atoms with van der Waals surface area (Å²) in [5.74, 6) is -0.489. The van der Waals surface area contributed by atoms with E-state index in [0.717, 1.165) is 0 Å². The average molecular weight is 302 g/mol. The summed E-state index contributed by atoms with van der Waals surface area (Å²) < 4.78 is 36.2. The van der Waals surface area contributed by atoms with E-state index in [1.807, 2.05) is 0 Å². The molecule has 8 heteroatoms. The largest absolute Gasteiger partial charge is 0.495 e. The van der Waals surface area contributed by atoms with Crippen LogP contribution in [-0.2, 0) is 14.8 Å². The molecule has 0 heterocycles. The van der Waals surface area contributed by atoms with Crippen LogP contribution in [0.25, 0.3) is 0 Å². The quantitative estimate of drug-likeness (QED) is 0.547. The Morgan fingerprint density at radius 3 is 2.60 bits per heavy atom. The zero-order chi connectivity index (χ0) is 15.2. The molecule has 0 aliphatic carbocycles. The third kappa shape index (κ3) is 3.92. The minimum atomic E-state index is -3.71.